The smallest absolute Gasteiger partial charge is 0.230 e. The maximum Gasteiger partial charge on any atom is 0.230 e. The third kappa shape index (κ3) is 5.86. The number of carbonyl (C=O) groups is 1. The molecule has 0 unspecified atom stereocenters. The van der Waals surface area contributed by atoms with Crippen LogP contribution in [-0.2, 0) is 4.79 Å². The van der Waals surface area contributed by atoms with E-state index < -0.39 is 0 Å². The molecule has 0 bridgehead atoms. The average molecular weight is 268 g/mol. The molecule has 0 fully saturated rings. The van der Waals surface area contributed by atoms with E-state index in [0.29, 0.717) is 5.75 Å². The van der Waals surface area contributed by atoms with Crippen LogP contribution in [0, 0.1) is 0 Å². The Morgan fingerprint density at radius 3 is 2.78 bits per heavy atom. The Hall–Kier alpha value is -1.30. The fraction of sp³-hybridized carbons (Fsp3) is 0.583. The van der Waals surface area contributed by atoms with E-state index >= 15 is 0 Å². The number of nitrogens with zero attached hydrogens (tertiary/aromatic N) is 2. The van der Waals surface area contributed by atoms with E-state index in [0.717, 1.165) is 36.8 Å². The van der Waals surface area contributed by atoms with E-state index in [1.54, 1.807) is 12.4 Å². The molecule has 0 radical (unpaired) electrons. The quantitative estimate of drug-likeness (QED) is 0.705. The van der Waals surface area contributed by atoms with Gasteiger partial charge in [0.25, 0.3) is 0 Å². The number of amides is 1. The lowest BCUT2D eigenvalue weighted by molar-refractivity contribution is -0.118. The summed E-state index contributed by atoms with van der Waals surface area (Å²) in [6.07, 6.45) is 5.36. The van der Waals surface area contributed by atoms with Crippen LogP contribution in [0.2, 0.25) is 0 Å². The Bertz CT molecular complexity index is 373. The van der Waals surface area contributed by atoms with Crippen LogP contribution in [0.1, 0.15) is 26.7 Å². The standard InChI is InChI=1S/C12H20N4OS/c1-3-5-14-10-7-13-8-12(16-10)18-9-11(17)15-6-4-2/h7-8H,3-6,9H2,1-2H3,(H,14,16)(H,15,17). The van der Waals surface area contributed by atoms with Crippen LogP contribution in [-0.4, -0.2) is 34.7 Å². The Morgan fingerprint density at radius 1 is 1.28 bits per heavy atom. The summed E-state index contributed by atoms with van der Waals surface area (Å²) < 4.78 is 0. The third-order valence-corrected chi connectivity index (χ3v) is 2.99. The maximum atomic E-state index is 11.4. The summed E-state index contributed by atoms with van der Waals surface area (Å²) in [6.45, 7) is 5.72. The molecule has 1 amide bonds. The molecule has 0 aliphatic carbocycles. The minimum atomic E-state index is 0.0376. The lowest BCUT2D eigenvalue weighted by Crippen LogP contribution is -2.25. The summed E-state index contributed by atoms with van der Waals surface area (Å²) in [5, 5.41) is 6.76. The zero-order valence-corrected chi connectivity index (χ0v) is 11.7. The summed E-state index contributed by atoms with van der Waals surface area (Å²) in [4.78, 5) is 19.9. The van der Waals surface area contributed by atoms with Crippen LogP contribution < -0.4 is 10.6 Å². The van der Waals surface area contributed by atoms with Gasteiger partial charge in [-0.3, -0.25) is 9.78 Å². The van der Waals surface area contributed by atoms with Crippen molar-refractivity contribution in [2.24, 2.45) is 0 Å². The molecule has 0 aliphatic rings. The van der Waals surface area contributed by atoms with Crippen LogP contribution >= 0.6 is 11.8 Å². The number of anilines is 1. The van der Waals surface area contributed by atoms with Crippen molar-refractivity contribution in [2.45, 2.75) is 31.7 Å². The number of hydrogen-bond donors (Lipinski definition) is 2. The second kappa shape index (κ2) is 8.74. The van der Waals surface area contributed by atoms with Gasteiger partial charge in [0, 0.05) is 13.1 Å². The number of thioether (sulfide) groups is 1. The zero-order valence-electron chi connectivity index (χ0n) is 10.9. The van der Waals surface area contributed by atoms with Gasteiger partial charge in [-0.2, -0.15) is 0 Å². The lowest BCUT2D eigenvalue weighted by Gasteiger charge is -2.05. The first-order valence-electron chi connectivity index (χ1n) is 6.21. The van der Waals surface area contributed by atoms with Gasteiger partial charge in [0.2, 0.25) is 5.91 Å². The molecule has 1 aromatic rings. The number of carbonyl (C=O) groups excluding carboxylic acids is 1. The third-order valence-electron chi connectivity index (χ3n) is 2.09. The van der Waals surface area contributed by atoms with Gasteiger partial charge in [-0.05, 0) is 12.8 Å². The fourth-order valence-corrected chi connectivity index (χ4v) is 1.89. The van der Waals surface area contributed by atoms with Crippen LogP contribution in [0.25, 0.3) is 0 Å². The topological polar surface area (TPSA) is 66.9 Å². The van der Waals surface area contributed by atoms with Gasteiger partial charge >= 0.3 is 0 Å². The molecule has 2 N–H and O–H groups in total. The highest BCUT2D eigenvalue weighted by Crippen LogP contribution is 2.15. The first kappa shape index (κ1) is 14.8. The molecular weight excluding hydrogens is 248 g/mol. The first-order valence-corrected chi connectivity index (χ1v) is 7.20. The summed E-state index contributed by atoms with van der Waals surface area (Å²) in [5.41, 5.74) is 0. The molecule has 0 saturated carbocycles. The molecule has 0 saturated heterocycles. The van der Waals surface area contributed by atoms with E-state index in [4.69, 9.17) is 0 Å². The summed E-state index contributed by atoms with van der Waals surface area (Å²) >= 11 is 1.40. The molecule has 1 aromatic heterocycles. The highest BCUT2D eigenvalue weighted by Gasteiger charge is 2.04. The molecule has 0 aromatic carbocycles. The van der Waals surface area contributed by atoms with E-state index in [1.807, 2.05) is 6.92 Å². The molecule has 5 nitrogen and oxygen atoms in total. The molecule has 1 heterocycles. The highest BCUT2D eigenvalue weighted by atomic mass is 32.2. The second-order valence-electron chi connectivity index (χ2n) is 3.81. The van der Waals surface area contributed by atoms with E-state index in [-0.39, 0.29) is 5.91 Å². The van der Waals surface area contributed by atoms with E-state index in [9.17, 15) is 4.79 Å². The summed E-state index contributed by atoms with van der Waals surface area (Å²) in [6, 6.07) is 0. The van der Waals surface area contributed by atoms with Gasteiger partial charge in [0.1, 0.15) is 10.8 Å². The fourth-order valence-electron chi connectivity index (χ4n) is 1.21. The van der Waals surface area contributed by atoms with Gasteiger partial charge in [-0.25, -0.2) is 4.98 Å². The van der Waals surface area contributed by atoms with Crippen LogP contribution in [0.4, 0.5) is 5.82 Å². The SMILES string of the molecule is CCCNC(=O)CSc1cncc(NCCC)n1. The molecule has 0 atom stereocenters. The van der Waals surface area contributed by atoms with Crippen molar-refractivity contribution in [2.75, 3.05) is 24.2 Å². The average Bonchev–Trinajstić information content (AvgIpc) is 2.41. The number of rotatable bonds is 8. The van der Waals surface area contributed by atoms with E-state index in [1.165, 1.54) is 11.8 Å². The lowest BCUT2D eigenvalue weighted by atomic mass is 10.5. The minimum Gasteiger partial charge on any atom is -0.369 e. The Kier molecular flexibility index (Phi) is 7.17. The van der Waals surface area contributed by atoms with Gasteiger partial charge in [0.05, 0.1) is 18.1 Å². The van der Waals surface area contributed by atoms with Crippen molar-refractivity contribution in [3.8, 4) is 0 Å². The van der Waals surface area contributed by atoms with Crippen LogP contribution in [0.15, 0.2) is 17.4 Å². The van der Waals surface area contributed by atoms with Crippen molar-refractivity contribution in [3.05, 3.63) is 12.4 Å². The largest absolute Gasteiger partial charge is 0.369 e. The molecule has 6 heteroatoms. The first-order chi connectivity index (χ1) is 8.76. The number of aromatic nitrogens is 2. The van der Waals surface area contributed by atoms with Gasteiger partial charge in [0.15, 0.2) is 0 Å². The minimum absolute atomic E-state index is 0.0376. The molecule has 0 spiro atoms. The normalized spacial score (nSPS) is 10.1. The van der Waals surface area contributed by atoms with E-state index in [2.05, 4.69) is 27.5 Å². The van der Waals surface area contributed by atoms with Crippen molar-refractivity contribution < 1.29 is 4.79 Å². The summed E-state index contributed by atoms with van der Waals surface area (Å²) in [7, 11) is 0. The highest BCUT2D eigenvalue weighted by molar-refractivity contribution is 7.99. The number of hydrogen-bond acceptors (Lipinski definition) is 5. The molecule has 1 rings (SSSR count). The summed E-state index contributed by atoms with van der Waals surface area (Å²) in [5.74, 6) is 1.18. The van der Waals surface area contributed by atoms with Crippen molar-refractivity contribution in [1.29, 1.82) is 0 Å². The molecule has 18 heavy (non-hydrogen) atoms. The van der Waals surface area contributed by atoms with Crippen molar-refractivity contribution >= 4 is 23.5 Å². The monoisotopic (exact) mass is 268 g/mol. The molecule has 100 valence electrons. The van der Waals surface area contributed by atoms with Crippen LogP contribution in [0.5, 0.6) is 0 Å². The van der Waals surface area contributed by atoms with Gasteiger partial charge in [-0.15, -0.1) is 0 Å². The Labute approximate surface area is 112 Å². The second-order valence-corrected chi connectivity index (χ2v) is 4.80. The van der Waals surface area contributed by atoms with Gasteiger partial charge in [-0.1, -0.05) is 25.6 Å². The predicted octanol–water partition coefficient (Wildman–Crippen LogP) is 1.92. The number of nitrogens with one attached hydrogen (secondary N) is 2. The zero-order chi connectivity index (χ0) is 13.2. The predicted molar refractivity (Wildman–Crippen MR) is 74.8 cm³/mol. The maximum absolute atomic E-state index is 11.4. The Morgan fingerprint density at radius 2 is 2.06 bits per heavy atom. The van der Waals surface area contributed by atoms with Gasteiger partial charge < -0.3 is 10.6 Å². The molecule has 0 aliphatic heterocycles. The van der Waals surface area contributed by atoms with Crippen LogP contribution in [0.3, 0.4) is 0 Å². The Balaban J connectivity index is 2.39. The van der Waals surface area contributed by atoms with Crippen molar-refractivity contribution in [1.82, 2.24) is 15.3 Å². The van der Waals surface area contributed by atoms with Crippen molar-refractivity contribution in [3.63, 3.8) is 0 Å². The molecular formula is C12H20N4OS.